The van der Waals surface area contributed by atoms with Crippen LogP contribution < -0.4 is 4.57 Å². The Labute approximate surface area is 191 Å². The van der Waals surface area contributed by atoms with Crippen molar-refractivity contribution in [2.24, 2.45) is 13.0 Å². The van der Waals surface area contributed by atoms with E-state index in [0.29, 0.717) is 5.71 Å². The molecule has 160 valence electrons. The first-order valence-corrected chi connectivity index (χ1v) is 11.6. The lowest BCUT2D eigenvalue weighted by Crippen LogP contribution is -2.31. The zero-order chi connectivity index (χ0) is 23.6. The maximum absolute atomic E-state index is 8.98. The molecule has 1 aliphatic rings. The number of hydrogen-bond donors (Lipinski definition) is 0. The standard InChI is InChI=1S/C29H29N2O/c1-18-12-13-24-27-23-11-7-6-10-22(23)19(2)26(28(27)32-29(24)30-18)25-17-21(14-15-31(25)3)16-20-8-4-5-9-20/h6-7,10-15,17,20H,4-5,8-9,16H2,1-3H3/q+1/i16D2. The predicted molar refractivity (Wildman–Crippen MR) is 131 cm³/mol. The molecule has 0 radical (unpaired) electrons. The molecule has 0 amide bonds. The van der Waals surface area contributed by atoms with Gasteiger partial charge in [0.1, 0.15) is 7.05 Å². The molecule has 32 heavy (non-hydrogen) atoms. The summed E-state index contributed by atoms with van der Waals surface area (Å²) in [6.45, 7) is 4.12. The van der Waals surface area contributed by atoms with Gasteiger partial charge in [-0.05, 0) is 60.2 Å². The van der Waals surface area contributed by atoms with E-state index in [2.05, 4.69) is 46.8 Å². The van der Waals surface area contributed by atoms with Gasteiger partial charge in [0.05, 0.1) is 5.56 Å². The topological polar surface area (TPSA) is 29.9 Å². The first kappa shape index (κ1) is 17.4. The van der Waals surface area contributed by atoms with Crippen LogP contribution in [0.3, 0.4) is 0 Å². The number of hydrogen-bond acceptors (Lipinski definition) is 2. The predicted octanol–water partition coefficient (Wildman–Crippen LogP) is 6.98. The van der Waals surface area contributed by atoms with Crippen LogP contribution in [-0.2, 0) is 13.4 Å². The number of rotatable bonds is 3. The Bertz CT molecular complexity index is 1580. The minimum Gasteiger partial charge on any atom is -0.437 e. The number of nitrogens with zero attached hydrogens (tertiary/aromatic N) is 2. The minimum atomic E-state index is -1.35. The fraction of sp³-hybridized carbons (Fsp3) is 0.310. The number of aromatic nitrogens is 2. The average molecular weight is 424 g/mol. The third-order valence-electron chi connectivity index (χ3n) is 7.03. The van der Waals surface area contributed by atoms with Crippen molar-refractivity contribution >= 4 is 32.8 Å². The van der Waals surface area contributed by atoms with Crippen LogP contribution in [0.4, 0.5) is 0 Å². The minimum absolute atomic E-state index is 0.0733. The monoisotopic (exact) mass is 423 g/mol. The normalized spacial score (nSPS) is 16.2. The average Bonchev–Trinajstić information content (AvgIpc) is 3.49. The second kappa shape index (κ2) is 7.44. The zero-order valence-electron chi connectivity index (χ0n) is 20.9. The Balaban J connectivity index is 1.69. The summed E-state index contributed by atoms with van der Waals surface area (Å²) in [6, 6.07) is 16.6. The number of fused-ring (bicyclic) bond motifs is 5. The molecule has 3 heteroatoms. The van der Waals surface area contributed by atoms with Gasteiger partial charge >= 0.3 is 0 Å². The fourth-order valence-corrected chi connectivity index (χ4v) is 5.37. The Kier molecular flexibility index (Phi) is 4.04. The lowest BCUT2D eigenvalue weighted by Gasteiger charge is -2.12. The fourth-order valence-electron chi connectivity index (χ4n) is 5.37. The molecule has 0 unspecified atom stereocenters. The van der Waals surface area contributed by atoms with Crippen LogP contribution in [0.15, 0.2) is 59.1 Å². The summed E-state index contributed by atoms with van der Waals surface area (Å²) in [5.74, 6) is 0.0733. The smallest absolute Gasteiger partial charge is 0.227 e. The van der Waals surface area contributed by atoms with E-state index >= 15 is 0 Å². The van der Waals surface area contributed by atoms with Crippen molar-refractivity contribution in [1.29, 1.82) is 0 Å². The molecule has 5 aromatic rings. The van der Waals surface area contributed by atoms with E-state index in [9.17, 15) is 0 Å². The van der Waals surface area contributed by atoms with E-state index in [4.69, 9.17) is 7.16 Å². The van der Waals surface area contributed by atoms with Gasteiger partial charge in [-0.1, -0.05) is 49.9 Å². The summed E-state index contributed by atoms with van der Waals surface area (Å²) in [6.07, 6.45) is 4.79. The third kappa shape index (κ3) is 3.02. The molecule has 3 nitrogen and oxygen atoms in total. The molecule has 0 aliphatic heterocycles. The highest BCUT2D eigenvalue weighted by Gasteiger charge is 2.25. The molecule has 0 N–H and O–H groups in total. The Morgan fingerprint density at radius 1 is 1.03 bits per heavy atom. The SMILES string of the molecule is [2H]C([2H])(c1cc[n+](C)c(-c2c(C)c3ccccc3c3c2oc2nc(C)ccc23)c1)C1CCCC1. The molecule has 2 aromatic carbocycles. The summed E-state index contributed by atoms with van der Waals surface area (Å²) in [4.78, 5) is 4.68. The van der Waals surface area contributed by atoms with Crippen molar-refractivity contribution < 1.29 is 11.7 Å². The number of benzene rings is 2. The highest BCUT2D eigenvalue weighted by Crippen LogP contribution is 2.42. The van der Waals surface area contributed by atoms with Crippen LogP contribution in [0.2, 0.25) is 0 Å². The number of furan rings is 1. The largest absolute Gasteiger partial charge is 0.437 e. The van der Waals surface area contributed by atoms with Gasteiger partial charge in [0.25, 0.3) is 0 Å². The van der Waals surface area contributed by atoms with Gasteiger partial charge < -0.3 is 4.42 Å². The Morgan fingerprint density at radius 2 is 1.81 bits per heavy atom. The molecule has 1 saturated carbocycles. The molecule has 3 aromatic heterocycles. The lowest BCUT2D eigenvalue weighted by molar-refractivity contribution is -0.660. The van der Waals surface area contributed by atoms with Crippen LogP contribution in [0.25, 0.3) is 44.1 Å². The molecule has 1 aliphatic carbocycles. The molecular weight excluding hydrogens is 392 g/mol. The van der Waals surface area contributed by atoms with Crippen molar-refractivity contribution in [2.75, 3.05) is 0 Å². The quantitative estimate of drug-likeness (QED) is 0.293. The molecule has 0 saturated heterocycles. The molecule has 0 spiro atoms. The zero-order valence-corrected chi connectivity index (χ0v) is 18.9. The second-order valence-corrected chi connectivity index (χ2v) is 9.19. The van der Waals surface area contributed by atoms with Gasteiger partial charge in [-0.3, -0.25) is 0 Å². The molecule has 6 rings (SSSR count). The van der Waals surface area contributed by atoms with Gasteiger partial charge in [-0.15, -0.1) is 0 Å². The first-order valence-electron chi connectivity index (χ1n) is 12.6. The second-order valence-electron chi connectivity index (χ2n) is 9.19. The Morgan fingerprint density at radius 3 is 2.62 bits per heavy atom. The summed E-state index contributed by atoms with van der Waals surface area (Å²) < 4.78 is 26.5. The van der Waals surface area contributed by atoms with Crippen LogP contribution in [0.5, 0.6) is 0 Å². The van der Waals surface area contributed by atoms with Crippen LogP contribution in [0, 0.1) is 19.8 Å². The summed E-state index contributed by atoms with van der Waals surface area (Å²) >= 11 is 0. The molecule has 1 fully saturated rings. The lowest BCUT2D eigenvalue weighted by atomic mass is 9.92. The summed E-state index contributed by atoms with van der Waals surface area (Å²) in [5.41, 5.74) is 6.24. The van der Waals surface area contributed by atoms with E-state index in [0.717, 1.165) is 75.5 Å². The van der Waals surface area contributed by atoms with Crippen molar-refractivity contribution in [2.45, 2.75) is 45.9 Å². The third-order valence-corrected chi connectivity index (χ3v) is 7.03. The van der Waals surface area contributed by atoms with Crippen LogP contribution in [0.1, 0.15) is 45.2 Å². The summed E-state index contributed by atoms with van der Waals surface area (Å²) in [5, 5.41) is 4.42. The number of pyridine rings is 2. The van der Waals surface area contributed by atoms with Gasteiger partial charge in [0.15, 0.2) is 11.8 Å². The van der Waals surface area contributed by atoms with Crippen LogP contribution in [-0.4, -0.2) is 4.98 Å². The summed E-state index contributed by atoms with van der Waals surface area (Å²) in [7, 11) is 2.02. The maximum Gasteiger partial charge on any atom is 0.227 e. The van der Waals surface area contributed by atoms with Crippen molar-refractivity contribution in [3.63, 3.8) is 0 Å². The first-order chi connectivity index (χ1) is 16.4. The van der Waals surface area contributed by atoms with E-state index in [-0.39, 0.29) is 5.92 Å². The van der Waals surface area contributed by atoms with Gasteiger partial charge in [0.2, 0.25) is 11.4 Å². The highest BCUT2D eigenvalue weighted by atomic mass is 16.3. The number of aryl methyl sites for hydroxylation is 3. The molecule has 0 bridgehead atoms. The van der Waals surface area contributed by atoms with Crippen molar-refractivity contribution in [1.82, 2.24) is 4.98 Å². The molecular formula is C29H29N2O+. The maximum atomic E-state index is 8.98. The molecule has 0 atom stereocenters. The van der Waals surface area contributed by atoms with Crippen LogP contribution >= 0.6 is 0 Å². The molecule has 3 heterocycles. The van der Waals surface area contributed by atoms with Gasteiger partial charge in [-0.25, -0.2) is 9.55 Å². The Hall–Kier alpha value is -3.20. The van der Waals surface area contributed by atoms with Crippen molar-refractivity contribution in [3.05, 3.63) is 71.5 Å². The van der Waals surface area contributed by atoms with E-state index in [1.165, 1.54) is 5.39 Å². The highest BCUT2D eigenvalue weighted by molar-refractivity contribution is 6.22. The van der Waals surface area contributed by atoms with Gasteiger partial charge in [-0.2, -0.15) is 0 Å². The van der Waals surface area contributed by atoms with Gasteiger partial charge in [0, 0.05) is 31.3 Å². The van der Waals surface area contributed by atoms with Crippen molar-refractivity contribution in [3.8, 4) is 11.3 Å². The van der Waals surface area contributed by atoms with E-state index in [1.807, 2.05) is 38.4 Å². The van der Waals surface area contributed by atoms with E-state index < -0.39 is 6.37 Å². The van der Waals surface area contributed by atoms with E-state index in [1.54, 1.807) is 0 Å².